The molecule has 31 heavy (non-hydrogen) atoms. The van der Waals surface area contributed by atoms with E-state index in [2.05, 4.69) is 39.8 Å². The van der Waals surface area contributed by atoms with Gasteiger partial charge in [0.15, 0.2) is 0 Å². The van der Waals surface area contributed by atoms with E-state index in [0.717, 1.165) is 19.6 Å². The Hall–Kier alpha value is -3.45. The van der Waals surface area contributed by atoms with Crippen molar-refractivity contribution in [2.75, 3.05) is 38.0 Å². The van der Waals surface area contributed by atoms with E-state index in [1.54, 1.807) is 29.2 Å². The Kier molecular flexibility index (Phi) is 6.43. The average Bonchev–Trinajstić information content (AvgIpc) is 2.91. The first-order valence-electron chi connectivity index (χ1n) is 10.5. The normalized spacial score (nSPS) is 19.5. The lowest BCUT2D eigenvalue weighted by Crippen LogP contribution is -2.51. The monoisotopic (exact) mass is 418 g/mol. The molecule has 1 atom stereocenters. The first-order valence-corrected chi connectivity index (χ1v) is 10.5. The van der Waals surface area contributed by atoms with Gasteiger partial charge in [-0.05, 0) is 17.7 Å². The first-order chi connectivity index (χ1) is 15.1. The minimum absolute atomic E-state index is 0.0422. The van der Waals surface area contributed by atoms with Crippen LogP contribution in [0.25, 0.3) is 6.08 Å². The maximum atomic E-state index is 12.8. The minimum Gasteiger partial charge on any atom is -0.340 e. The molecule has 4 rings (SSSR count). The van der Waals surface area contributed by atoms with Crippen molar-refractivity contribution in [3.63, 3.8) is 0 Å². The van der Waals surface area contributed by atoms with Crippen molar-refractivity contribution in [2.45, 2.75) is 12.5 Å². The number of hydrogen-bond acceptors (Lipinski definition) is 4. The maximum Gasteiger partial charge on any atom is 0.254 e. The molecular formula is C24H26N4O3. The lowest BCUT2D eigenvalue weighted by molar-refractivity contribution is -0.135. The zero-order valence-electron chi connectivity index (χ0n) is 17.3. The van der Waals surface area contributed by atoms with Crippen LogP contribution in [0, 0.1) is 0 Å². The van der Waals surface area contributed by atoms with Crippen molar-refractivity contribution in [3.8, 4) is 0 Å². The van der Waals surface area contributed by atoms with E-state index in [1.807, 2.05) is 18.2 Å². The molecule has 2 aromatic rings. The lowest BCUT2D eigenvalue weighted by Gasteiger charge is -2.34. The Morgan fingerprint density at radius 3 is 2.45 bits per heavy atom. The van der Waals surface area contributed by atoms with Gasteiger partial charge >= 0.3 is 0 Å². The molecule has 2 heterocycles. The second kappa shape index (κ2) is 9.57. The molecule has 7 heteroatoms. The maximum absolute atomic E-state index is 12.8. The van der Waals surface area contributed by atoms with Gasteiger partial charge in [-0.25, -0.2) is 0 Å². The molecule has 160 valence electrons. The highest BCUT2D eigenvalue weighted by Crippen LogP contribution is 2.19. The third kappa shape index (κ3) is 5.19. The van der Waals surface area contributed by atoms with E-state index in [4.69, 9.17) is 0 Å². The van der Waals surface area contributed by atoms with Crippen LogP contribution in [-0.4, -0.2) is 66.3 Å². The topological polar surface area (TPSA) is 81.8 Å². The average molecular weight is 418 g/mol. The van der Waals surface area contributed by atoms with Crippen molar-refractivity contribution in [1.82, 2.24) is 15.1 Å². The lowest BCUT2D eigenvalue weighted by atomic mass is 10.1. The van der Waals surface area contributed by atoms with Gasteiger partial charge in [-0.2, -0.15) is 0 Å². The fourth-order valence-electron chi connectivity index (χ4n) is 3.84. The van der Waals surface area contributed by atoms with Gasteiger partial charge in [-0.15, -0.1) is 0 Å². The highest BCUT2D eigenvalue weighted by molar-refractivity contribution is 6.10. The molecule has 1 fully saturated rings. The fourth-order valence-corrected chi connectivity index (χ4v) is 3.84. The van der Waals surface area contributed by atoms with Crippen LogP contribution < -0.4 is 10.6 Å². The molecule has 0 bridgehead atoms. The third-order valence-electron chi connectivity index (χ3n) is 5.63. The van der Waals surface area contributed by atoms with Gasteiger partial charge in [0.25, 0.3) is 5.91 Å². The van der Waals surface area contributed by atoms with Crippen LogP contribution in [-0.2, 0) is 9.59 Å². The Morgan fingerprint density at radius 1 is 0.968 bits per heavy atom. The van der Waals surface area contributed by atoms with Crippen molar-refractivity contribution < 1.29 is 14.4 Å². The predicted molar refractivity (Wildman–Crippen MR) is 119 cm³/mol. The van der Waals surface area contributed by atoms with Crippen molar-refractivity contribution in [2.24, 2.45) is 0 Å². The number of fused-ring (bicyclic) bond motifs is 1. The smallest absolute Gasteiger partial charge is 0.254 e. The highest BCUT2D eigenvalue weighted by Gasteiger charge is 2.31. The summed E-state index contributed by atoms with van der Waals surface area (Å²) >= 11 is 0. The van der Waals surface area contributed by atoms with Gasteiger partial charge in [0.05, 0.1) is 17.7 Å². The standard InChI is InChI=1S/C24H26N4O3/c29-22(17-21-24(31)25-20-11-5-4-10-19(20)23(30)26-21)28-15-13-27(14-16-28)12-6-9-18-7-2-1-3-8-18/h1-11,21H,12-17H2,(H,25,31)(H,26,30). The van der Waals surface area contributed by atoms with Gasteiger partial charge in [0.2, 0.25) is 11.8 Å². The van der Waals surface area contributed by atoms with Crippen LogP contribution in [0.15, 0.2) is 60.7 Å². The summed E-state index contributed by atoms with van der Waals surface area (Å²) in [6.45, 7) is 3.61. The van der Waals surface area contributed by atoms with E-state index in [-0.39, 0.29) is 24.1 Å². The van der Waals surface area contributed by atoms with Gasteiger partial charge < -0.3 is 15.5 Å². The molecule has 0 saturated carbocycles. The molecule has 0 radical (unpaired) electrons. The quantitative estimate of drug-likeness (QED) is 0.778. The largest absolute Gasteiger partial charge is 0.340 e. The van der Waals surface area contributed by atoms with Crippen LogP contribution >= 0.6 is 0 Å². The zero-order chi connectivity index (χ0) is 21.6. The molecular weight excluding hydrogens is 392 g/mol. The van der Waals surface area contributed by atoms with Crippen LogP contribution in [0.5, 0.6) is 0 Å². The molecule has 7 nitrogen and oxygen atoms in total. The first kappa shape index (κ1) is 20.8. The molecule has 2 aromatic carbocycles. The van der Waals surface area contributed by atoms with Gasteiger partial charge in [0, 0.05) is 32.7 Å². The molecule has 3 amide bonds. The van der Waals surface area contributed by atoms with Gasteiger partial charge in [-0.3, -0.25) is 19.3 Å². The molecule has 0 spiro atoms. The van der Waals surface area contributed by atoms with E-state index in [9.17, 15) is 14.4 Å². The number of rotatable bonds is 5. The van der Waals surface area contributed by atoms with Crippen LogP contribution in [0.4, 0.5) is 5.69 Å². The Labute approximate surface area is 181 Å². The zero-order valence-corrected chi connectivity index (χ0v) is 17.3. The number of benzene rings is 2. The van der Waals surface area contributed by atoms with Gasteiger partial charge in [0.1, 0.15) is 6.04 Å². The molecule has 0 aliphatic carbocycles. The molecule has 1 unspecified atom stereocenters. The fraction of sp³-hybridized carbons (Fsp3) is 0.292. The number of anilines is 1. The summed E-state index contributed by atoms with van der Waals surface area (Å²) in [5.41, 5.74) is 2.04. The number of piperazine rings is 1. The Balaban J connectivity index is 1.27. The molecule has 1 saturated heterocycles. The highest BCUT2D eigenvalue weighted by atomic mass is 16.2. The number of carbonyl (C=O) groups excluding carboxylic acids is 3. The van der Waals surface area contributed by atoms with Crippen LogP contribution in [0.3, 0.4) is 0 Å². The summed E-state index contributed by atoms with van der Waals surface area (Å²) in [6.07, 6.45) is 4.19. The third-order valence-corrected chi connectivity index (χ3v) is 5.63. The molecule has 2 aliphatic heterocycles. The number of hydrogen-bond donors (Lipinski definition) is 2. The SMILES string of the molecule is O=C1NC(CC(=O)N2CCN(CC=Cc3ccccc3)CC2)C(=O)Nc2ccccc21. The van der Waals surface area contributed by atoms with Crippen molar-refractivity contribution in [1.29, 1.82) is 0 Å². The van der Waals surface area contributed by atoms with Crippen LogP contribution in [0.1, 0.15) is 22.3 Å². The number of carbonyl (C=O) groups is 3. The second-order valence-electron chi connectivity index (χ2n) is 7.76. The van der Waals surface area contributed by atoms with E-state index < -0.39 is 6.04 Å². The second-order valence-corrected chi connectivity index (χ2v) is 7.76. The van der Waals surface area contributed by atoms with E-state index in [0.29, 0.717) is 24.3 Å². The summed E-state index contributed by atoms with van der Waals surface area (Å²) < 4.78 is 0. The number of nitrogens with zero attached hydrogens (tertiary/aromatic N) is 2. The minimum atomic E-state index is -0.876. The summed E-state index contributed by atoms with van der Waals surface area (Å²) in [4.78, 5) is 41.8. The Morgan fingerprint density at radius 2 is 1.68 bits per heavy atom. The summed E-state index contributed by atoms with van der Waals surface area (Å²) in [5, 5.41) is 5.44. The van der Waals surface area contributed by atoms with Gasteiger partial charge in [-0.1, -0.05) is 54.6 Å². The molecule has 2 N–H and O–H groups in total. The van der Waals surface area contributed by atoms with E-state index >= 15 is 0 Å². The van der Waals surface area contributed by atoms with E-state index in [1.165, 1.54) is 5.56 Å². The Bertz CT molecular complexity index is 981. The summed E-state index contributed by atoms with van der Waals surface area (Å²) in [7, 11) is 0. The van der Waals surface area contributed by atoms with Crippen LogP contribution in [0.2, 0.25) is 0 Å². The van der Waals surface area contributed by atoms with Crippen molar-refractivity contribution >= 4 is 29.5 Å². The summed E-state index contributed by atoms with van der Waals surface area (Å²) in [5.74, 6) is -0.830. The number of para-hydroxylation sites is 1. The van der Waals surface area contributed by atoms with Crippen molar-refractivity contribution in [3.05, 3.63) is 71.8 Å². The molecule has 2 aliphatic rings. The number of nitrogens with one attached hydrogen (secondary N) is 2. The number of amides is 3. The predicted octanol–water partition coefficient (Wildman–Crippen LogP) is 1.98. The summed E-state index contributed by atoms with van der Waals surface area (Å²) in [6, 6.07) is 16.1. The molecule has 0 aromatic heterocycles.